The summed E-state index contributed by atoms with van der Waals surface area (Å²) in [4.78, 5) is 16.4. The van der Waals surface area contributed by atoms with Gasteiger partial charge in [0.2, 0.25) is 5.82 Å². The van der Waals surface area contributed by atoms with Gasteiger partial charge in [-0.15, -0.1) is 0 Å². The normalized spacial score (nSPS) is 23.4. The van der Waals surface area contributed by atoms with Crippen molar-refractivity contribution < 1.29 is 10.0 Å². The van der Waals surface area contributed by atoms with Crippen LogP contribution in [-0.2, 0) is 0 Å². The van der Waals surface area contributed by atoms with Gasteiger partial charge in [0.1, 0.15) is 0 Å². The molecule has 18 heavy (non-hydrogen) atoms. The molecule has 7 heteroatoms. The monoisotopic (exact) mass is 271 g/mol. The minimum atomic E-state index is -0.494. The van der Waals surface area contributed by atoms with E-state index in [1.807, 2.05) is 6.92 Å². The maximum absolute atomic E-state index is 11.0. The van der Waals surface area contributed by atoms with Gasteiger partial charge >= 0.3 is 5.69 Å². The molecule has 1 saturated heterocycles. The summed E-state index contributed by atoms with van der Waals surface area (Å²) >= 11 is 5.73. The van der Waals surface area contributed by atoms with Crippen molar-refractivity contribution in [2.75, 3.05) is 18.1 Å². The quantitative estimate of drug-likeness (QED) is 0.670. The van der Waals surface area contributed by atoms with E-state index in [0.717, 1.165) is 6.42 Å². The number of hydrogen-bond acceptors (Lipinski definition) is 5. The van der Waals surface area contributed by atoms with Gasteiger partial charge in [0, 0.05) is 18.8 Å². The predicted molar refractivity (Wildman–Crippen MR) is 67.9 cm³/mol. The van der Waals surface area contributed by atoms with E-state index in [2.05, 4.69) is 4.98 Å². The average molecular weight is 272 g/mol. The maximum Gasteiger partial charge on any atom is 0.313 e. The van der Waals surface area contributed by atoms with Crippen LogP contribution in [0.5, 0.6) is 0 Å². The second-order valence-corrected chi connectivity index (χ2v) is 4.90. The molecule has 1 fully saturated rings. The van der Waals surface area contributed by atoms with Crippen LogP contribution in [0.1, 0.15) is 13.3 Å². The van der Waals surface area contributed by atoms with Gasteiger partial charge in [0.25, 0.3) is 0 Å². The number of aliphatic hydroxyl groups is 1. The van der Waals surface area contributed by atoms with Crippen LogP contribution in [0.2, 0.25) is 5.02 Å². The number of aromatic nitrogens is 1. The Labute approximate surface area is 109 Å². The number of rotatable bonds is 3. The molecule has 0 amide bonds. The van der Waals surface area contributed by atoms with Gasteiger partial charge in [0.15, 0.2) is 0 Å². The van der Waals surface area contributed by atoms with Crippen LogP contribution in [-0.4, -0.2) is 34.2 Å². The molecular formula is C11H14ClN3O3. The van der Waals surface area contributed by atoms with E-state index in [9.17, 15) is 15.2 Å². The van der Waals surface area contributed by atoms with Gasteiger partial charge < -0.3 is 10.0 Å². The lowest BCUT2D eigenvalue weighted by atomic mass is 10.0. The molecule has 1 N–H and O–H groups in total. The topological polar surface area (TPSA) is 79.5 Å². The van der Waals surface area contributed by atoms with E-state index < -0.39 is 4.92 Å². The molecule has 1 aromatic heterocycles. The van der Waals surface area contributed by atoms with Crippen molar-refractivity contribution in [1.29, 1.82) is 0 Å². The zero-order chi connectivity index (χ0) is 13.3. The van der Waals surface area contributed by atoms with Gasteiger partial charge in [0.05, 0.1) is 22.6 Å². The molecule has 2 unspecified atom stereocenters. The molecule has 0 saturated carbocycles. The van der Waals surface area contributed by atoms with Crippen LogP contribution in [0.25, 0.3) is 0 Å². The fourth-order valence-electron chi connectivity index (χ4n) is 2.33. The van der Waals surface area contributed by atoms with E-state index in [4.69, 9.17) is 11.6 Å². The Morgan fingerprint density at radius 1 is 1.72 bits per heavy atom. The average Bonchev–Trinajstić information content (AvgIpc) is 2.70. The summed E-state index contributed by atoms with van der Waals surface area (Å²) in [6.45, 7) is 2.63. The summed E-state index contributed by atoms with van der Waals surface area (Å²) in [7, 11) is 0. The highest BCUT2D eigenvalue weighted by Crippen LogP contribution is 2.35. The van der Waals surface area contributed by atoms with Gasteiger partial charge in [-0.3, -0.25) is 10.1 Å². The zero-order valence-electron chi connectivity index (χ0n) is 9.91. The number of anilines is 1. The predicted octanol–water partition coefficient (Wildman–Crippen LogP) is 1.85. The first kappa shape index (κ1) is 13.0. The van der Waals surface area contributed by atoms with E-state index in [-0.39, 0.29) is 35.1 Å². The molecule has 1 aliphatic heterocycles. The lowest BCUT2D eigenvalue weighted by Gasteiger charge is -2.25. The molecule has 2 rings (SSSR count). The van der Waals surface area contributed by atoms with E-state index >= 15 is 0 Å². The smallest absolute Gasteiger partial charge is 0.313 e. The summed E-state index contributed by atoms with van der Waals surface area (Å²) in [5.41, 5.74) is -0.116. The summed E-state index contributed by atoms with van der Waals surface area (Å²) in [6.07, 6.45) is 2.27. The molecule has 2 heterocycles. The molecule has 0 aliphatic carbocycles. The van der Waals surface area contributed by atoms with Gasteiger partial charge in [-0.05, 0) is 12.3 Å². The number of nitrogens with zero attached hydrogens (tertiary/aromatic N) is 3. The highest BCUT2D eigenvalue weighted by atomic mass is 35.5. The fourth-order valence-corrected chi connectivity index (χ4v) is 2.48. The van der Waals surface area contributed by atoms with Crippen molar-refractivity contribution in [3.63, 3.8) is 0 Å². The molecule has 1 aliphatic rings. The Kier molecular flexibility index (Phi) is 3.68. The molecule has 6 nitrogen and oxygen atoms in total. The molecule has 0 spiro atoms. The molecule has 98 valence electrons. The summed E-state index contributed by atoms with van der Waals surface area (Å²) in [5, 5.41) is 20.6. The van der Waals surface area contributed by atoms with E-state index in [0.29, 0.717) is 6.54 Å². The number of aliphatic hydroxyl groups excluding tert-OH is 1. The first-order chi connectivity index (χ1) is 8.54. The molecular weight excluding hydrogens is 258 g/mol. The van der Waals surface area contributed by atoms with E-state index in [1.165, 1.54) is 12.3 Å². The van der Waals surface area contributed by atoms with Crippen molar-refractivity contribution in [2.45, 2.75) is 19.4 Å². The number of pyridine rings is 1. The van der Waals surface area contributed by atoms with Gasteiger partial charge in [-0.1, -0.05) is 18.5 Å². The van der Waals surface area contributed by atoms with Crippen molar-refractivity contribution in [2.24, 2.45) is 5.92 Å². The van der Waals surface area contributed by atoms with Crippen molar-refractivity contribution in [3.8, 4) is 0 Å². The Hall–Kier alpha value is -1.40. The van der Waals surface area contributed by atoms with Crippen LogP contribution in [0.4, 0.5) is 11.5 Å². The fraction of sp³-hybridized carbons (Fsp3) is 0.545. The first-order valence-corrected chi connectivity index (χ1v) is 6.09. The van der Waals surface area contributed by atoms with Crippen molar-refractivity contribution in [1.82, 2.24) is 4.98 Å². The number of nitro groups is 1. The second-order valence-electron chi connectivity index (χ2n) is 4.46. The SMILES string of the molecule is CC1CCN(c2ncc(Cl)cc2[N+](=O)[O-])C1CO. The molecule has 0 radical (unpaired) electrons. The standard InChI is InChI=1S/C11H14ClN3O3/c1-7-2-3-14(10(7)6-16)11-9(15(17)18)4-8(12)5-13-11/h4-5,7,10,16H,2-3,6H2,1H3. The Bertz CT molecular complexity index is 469. The Morgan fingerprint density at radius 2 is 2.44 bits per heavy atom. The van der Waals surface area contributed by atoms with Crippen molar-refractivity contribution >= 4 is 23.1 Å². The Balaban J connectivity index is 2.41. The summed E-state index contributed by atoms with van der Waals surface area (Å²) in [5.74, 6) is 0.569. The molecule has 0 bridgehead atoms. The molecule has 2 atom stereocenters. The van der Waals surface area contributed by atoms with Gasteiger partial charge in [-0.25, -0.2) is 4.98 Å². The zero-order valence-corrected chi connectivity index (χ0v) is 10.7. The van der Waals surface area contributed by atoms with Crippen molar-refractivity contribution in [3.05, 3.63) is 27.4 Å². The van der Waals surface area contributed by atoms with Crippen LogP contribution in [0.15, 0.2) is 12.3 Å². The van der Waals surface area contributed by atoms with Crippen LogP contribution in [0, 0.1) is 16.0 Å². The largest absolute Gasteiger partial charge is 0.394 e. The second kappa shape index (κ2) is 5.07. The third kappa shape index (κ3) is 2.26. The van der Waals surface area contributed by atoms with E-state index in [1.54, 1.807) is 4.90 Å². The van der Waals surface area contributed by atoms with Gasteiger partial charge in [-0.2, -0.15) is 0 Å². The number of hydrogen-bond donors (Lipinski definition) is 1. The number of halogens is 1. The minimum Gasteiger partial charge on any atom is -0.394 e. The highest BCUT2D eigenvalue weighted by Gasteiger charge is 2.35. The third-order valence-electron chi connectivity index (χ3n) is 3.35. The van der Waals surface area contributed by atoms with Crippen LogP contribution >= 0.6 is 11.6 Å². The van der Waals surface area contributed by atoms with Crippen LogP contribution in [0.3, 0.4) is 0 Å². The minimum absolute atomic E-state index is 0.0391. The lowest BCUT2D eigenvalue weighted by molar-refractivity contribution is -0.384. The highest BCUT2D eigenvalue weighted by molar-refractivity contribution is 6.30. The van der Waals surface area contributed by atoms with Crippen LogP contribution < -0.4 is 4.90 Å². The maximum atomic E-state index is 11.0. The summed E-state index contributed by atoms with van der Waals surface area (Å²) in [6, 6.07) is 1.17. The third-order valence-corrected chi connectivity index (χ3v) is 3.56. The Morgan fingerprint density at radius 3 is 3.06 bits per heavy atom. The molecule has 0 aromatic carbocycles. The summed E-state index contributed by atoms with van der Waals surface area (Å²) < 4.78 is 0. The molecule has 1 aromatic rings. The lowest BCUT2D eigenvalue weighted by Crippen LogP contribution is -2.36. The first-order valence-electron chi connectivity index (χ1n) is 5.72.